The molecule has 0 aliphatic carbocycles. The first-order valence-corrected chi connectivity index (χ1v) is 6.71. The average molecular weight is 268 g/mol. The molecule has 3 rings (SSSR count). The number of nitrogens with zero attached hydrogens (tertiary/aromatic N) is 2. The number of hydrogen-bond donors (Lipinski definition) is 0. The van der Waals surface area contributed by atoms with Gasteiger partial charge in [-0.05, 0) is 23.6 Å². The van der Waals surface area contributed by atoms with E-state index in [1.54, 1.807) is 11.1 Å². The highest BCUT2D eigenvalue weighted by molar-refractivity contribution is 5.68. The van der Waals surface area contributed by atoms with Gasteiger partial charge in [-0.25, -0.2) is 4.79 Å². The number of carbonyl (C=O) groups excluding carboxylic acids is 1. The number of rotatable bonds is 2. The fourth-order valence-electron chi connectivity index (χ4n) is 2.32. The molecule has 0 saturated heterocycles. The van der Waals surface area contributed by atoms with Crippen LogP contribution in [0, 0.1) is 0 Å². The minimum atomic E-state index is -0.273. The largest absolute Gasteiger partial charge is 0.445 e. The van der Waals surface area contributed by atoms with Crippen molar-refractivity contribution in [2.45, 2.75) is 19.6 Å². The molecule has 1 aromatic heterocycles. The average Bonchev–Trinajstić information content (AvgIpc) is 2.53. The van der Waals surface area contributed by atoms with Gasteiger partial charge in [0.15, 0.2) is 0 Å². The summed E-state index contributed by atoms with van der Waals surface area (Å²) in [5, 5.41) is 0. The van der Waals surface area contributed by atoms with Crippen LogP contribution in [-0.4, -0.2) is 22.5 Å². The smallest absolute Gasteiger partial charge is 0.410 e. The Morgan fingerprint density at radius 1 is 1.20 bits per heavy atom. The van der Waals surface area contributed by atoms with Crippen LogP contribution in [-0.2, 0) is 24.3 Å². The van der Waals surface area contributed by atoms with E-state index in [9.17, 15) is 4.79 Å². The van der Waals surface area contributed by atoms with Gasteiger partial charge in [0.05, 0.1) is 12.2 Å². The lowest BCUT2D eigenvalue weighted by Crippen LogP contribution is -2.36. The number of hydrogen-bond acceptors (Lipinski definition) is 3. The zero-order valence-corrected chi connectivity index (χ0v) is 11.2. The standard InChI is InChI=1S/C16H16N2O2/c19-16(20-12-13-5-2-1-3-6-13)18-10-8-14-7-4-9-17-15(14)11-18/h1-7,9H,8,10-12H2. The molecule has 1 aliphatic rings. The molecule has 0 radical (unpaired) electrons. The molecule has 0 bridgehead atoms. The molecular formula is C16H16N2O2. The summed E-state index contributed by atoms with van der Waals surface area (Å²) < 4.78 is 5.34. The van der Waals surface area contributed by atoms with E-state index in [4.69, 9.17) is 4.74 Å². The van der Waals surface area contributed by atoms with Crippen molar-refractivity contribution in [2.75, 3.05) is 6.54 Å². The molecular weight excluding hydrogens is 252 g/mol. The topological polar surface area (TPSA) is 42.4 Å². The van der Waals surface area contributed by atoms with E-state index >= 15 is 0 Å². The van der Waals surface area contributed by atoms with Crippen molar-refractivity contribution >= 4 is 6.09 Å². The van der Waals surface area contributed by atoms with Crippen LogP contribution in [0.2, 0.25) is 0 Å². The number of benzene rings is 1. The van der Waals surface area contributed by atoms with Gasteiger partial charge in [0.25, 0.3) is 0 Å². The quantitative estimate of drug-likeness (QED) is 0.841. The number of pyridine rings is 1. The molecule has 0 fully saturated rings. The van der Waals surface area contributed by atoms with E-state index in [0.717, 1.165) is 17.7 Å². The summed E-state index contributed by atoms with van der Waals surface area (Å²) in [6.07, 6.45) is 2.33. The van der Waals surface area contributed by atoms with Crippen molar-refractivity contribution in [3.8, 4) is 0 Å². The van der Waals surface area contributed by atoms with Crippen LogP contribution in [0.15, 0.2) is 48.7 Å². The number of carbonyl (C=O) groups is 1. The molecule has 1 aliphatic heterocycles. The first kappa shape index (κ1) is 12.7. The van der Waals surface area contributed by atoms with Gasteiger partial charge in [-0.15, -0.1) is 0 Å². The van der Waals surface area contributed by atoms with E-state index in [1.165, 1.54) is 5.56 Å². The predicted molar refractivity (Wildman–Crippen MR) is 75.0 cm³/mol. The van der Waals surface area contributed by atoms with Crippen molar-refractivity contribution in [2.24, 2.45) is 0 Å². The summed E-state index contributed by atoms with van der Waals surface area (Å²) in [5.41, 5.74) is 3.19. The summed E-state index contributed by atoms with van der Waals surface area (Å²) in [6.45, 7) is 1.53. The summed E-state index contributed by atoms with van der Waals surface area (Å²) in [6, 6.07) is 13.7. The number of aromatic nitrogens is 1. The van der Waals surface area contributed by atoms with Crippen LogP contribution in [0.3, 0.4) is 0 Å². The van der Waals surface area contributed by atoms with Crippen molar-refractivity contribution < 1.29 is 9.53 Å². The highest BCUT2D eigenvalue weighted by atomic mass is 16.6. The zero-order valence-electron chi connectivity index (χ0n) is 11.2. The van der Waals surface area contributed by atoms with Gasteiger partial charge in [0.2, 0.25) is 0 Å². The molecule has 4 heteroatoms. The third-order valence-electron chi connectivity index (χ3n) is 3.44. The van der Waals surface area contributed by atoms with Gasteiger partial charge in [-0.2, -0.15) is 0 Å². The Balaban J connectivity index is 1.59. The maximum absolute atomic E-state index is 12.1. The summed E-state index contributed by atoms with van der Waals surface area (Å²) >= 11 is 0. The fraction of sp³-hybridized carbons (Fsp3) is 0.250. The third-order valence-corrected chi connectivity index (χ3v) is 3.44. The summed E-state index contributed by atoms with van der Waals surface area (Å²) in [4.78, 5) is 18.1. The molecule has 1 amide bonds. The normalized spacial score (nSPS) is 13.7. The number of amides is 1. The highest BCUT2D eigenvalue weighted by Crippen LogP contribution is 2.17. The van der Waals surface area contributed by atoms with E-state index in [1.807, 2.05) is 36.4 Å². The Morgan fingerprint density at radius 2 is 2.05 bits per heavy atom. The SMILES string of the molecule is O=C(OCc1ccccc1)N1CCc2cccnc2C1. The Morgan fingerprint density at radius 3 is 2.90 bits per heavy atom. The van der Waals surface area contributed by atoms with E-state index < -0.39 is 0 Å². The Hall–Kier alpha value is -2.36. The van der Waals surface area contributed by atoms with Crippen molar-refractivity contribution in [1.82, 2.24) is 9.88 Å². The first-order chi connectivity index (χ1) is 9.83. The van der Waals surface area contributed by atoms with Crippen LogP contribution in [0.25, 0.3) is 0 Å². The zero-order chi connectivity index (χ0) is 13.8. The maximum Gasteiger partial charge on any atom is 0.410 e. The molecule has 0 spiro atoms. The van der Waals surface area contributed by atoms with Gasteiger partial charge in [-0.1, -0.05) is 36.4 Å². The number of ether oxygens (including phenoxy) is 1. The summed E-state index contributed by atoms with van der Waals surface area (Å²) in [7, 11) is 0. The van der Waals surface area contributed by atoms with E-state index in [-0.39, 0.29) is 6.09 Å². The molecule has 102 valence electrons. The highest BCUT2D eigenvalue weighted by Gasteiger charge is 2.22. The Bertz CT molecular complexity index is 598. The minimum absolute atomic E-state index is 0.273. The molecule has 2 heterocycles. The maximum atomic E-state index is 12.1. The second-order valence-electron chi connectivity index (χ2n) is 4.82. The molecule has 2 aromatic rings. The lowest BCUT2D eigenvalue weighted by Gasteiger charge is -2.27. The monoisotopic (exact) mass is 268 g/mol. The van der Waals surface area contributed by atoms with E-state index in [2.05, 4.69) is 11.1 Å². The number of fused-ring (bicyclic) bond motifs is 1. The van der Waals surface area contributed by atoms with Crippen LogP contribution in [0.5, 0.6) is 0 Å². The molecule has 0 N–H and O–H groups in total. The predicted octanol–water partition coefficient (Wildman–Crippen LogP) is 2.78. The van der Waals surface area contributed by atoms with Crippen LogP contribution < -0.4 is 0 Å². The van der Waals surface area contributed by atoms with E-state index in [0.29, 0.717) is 19.7 Å². The van der Waals surface area contributed by atoms with Gasteiger partial charge in [0, 0.05) is 12.7 Å². The van der Waals surface area contributed by atoms with Gasteiger partial charge in [-0.3, -0.25) is 4.98 Å². The van der Waals surface area contributed by atoms with Crippen LogP contribution in [0.1, 0.15) is 16.8 Å². The second-order valence-corrected chi connectivity index (χ2v) is 4.82. The Labute approximate surface area is 118 Å². The van der Waals surface area contributed by atoms with Crippen molar-refractivity contribution in [3.63, 3.8) is 0 Å². The van der Waals surface area contributed by atoms with Gasteiger partial charge >= 0.3 is 6.09 Å². The van der Waals surface area contributed by atoms with Crippen molar-refractivity contribution in [3.05, 3.63) is 65.5 Å². The van der Waals surface area contributed by atoms with Gasteiger partial charge in [0.1, 0.15) is 6.61 Å². The molecule has 4 nitrogen and oxygen atoms in total. The van der Waals surface area contributed by atoms with Crippen LogP contribution >= 0.6 is 0 Å². The molecule has 1 aromatic carbocycles. The van der Waals surface area contributed by atoms with Crippen molar-refractivity contribution in [1.29, 1.82) is 0 Å². The fourth-order valence-corrected chi connectivity index (χ4v) is 2.32. The summed E-state index contributed by atoms with van der Waals surface area (Å²) in [5.74, 6) is 0. The lowest BCUT2D eigenvalue weighted by molar-refractivity contribution is 0.0913. The molecule has 0 atom stereocenters. The first-order valence-electron chi connectivity index (χ1n) is 6.71. The third kappa shape index (κ3) is 2.79. The molecule has 0 saturated carbocycles. The van der Waals surface area contributed by atoms with Crippen LogP contribution in [0.4, 0.5) is 4.79 Å². The second kappa shape index (κ2) is 5.74. The lowest BCUT2D eigenvalue weighted by atomic mass is 10.1. The molecule has 0 unspecified atom stereocenters. The minimum Gasteiger partial charge on any atom is -0.445 e. The van der Waals surface area contributed by atoms with Gasteiger partial charge < -0.3 is 9.64 Å². The molecule has 20 heavy (non-hydrogen) atoms. The Kier molecular flexibility index (Phi) is 3.63.